The second-order valence-electron chi connectivity index (χ2n) is 28.6. The summed E-state index contributed by atoms with van der Waals surface area (Å²) in [6.45, 7) is 14.4. The number of carboxylic acids is 1. The average Bonchev–Trinajstić information content (AvgIpc) is 1.65. The maximum Gasteiger partial charge on any atom is 0.380 e. The number of carbonyl (C=O) groups is 7. The molecule has 9 aromatic carbocycles. The number of methoxy groups -OCH3 is 6. The van der Waals surface area contributed by atoms with Gasteiger partial charge in [-0.15, -0.1) is 0 Å². The van der Waals surface area contributed by atoms with Gasteiger partial charge in [-0.3, -0.25) is 33.9 Å². The maximum absolute atomic E-state index is 13.2. The number of aliphatic carboxylic acids is 1. The van der Waals surface area contributed by atoms with Crippen LogP contribution in [0, 0.1) is 20.8 Å². The van der Waals surface area contributed by atoms with E-state index in [-0.39, 0.29) is 52.3 Å². The average molecular weight is 1870 g/mol. The summed E-state index contributed by atoms with van der Waals surface area (Å²) in [6.07, 6.45) is 7.06. The molecule has 3 aliphatic heterocycles. The van der Waals surface area contributed by atoms with E-state index in [1.165, 1.54) is 35.3 Å². The van der Waals surface area contributed by atoms with Crippen LogP contribution in [-0.4, -0.2) is 156 Å². The topological polar surface area (TPSA) is 300 Å². The number of furan rings is 3. The Labute approximate surface area is 778 Å². The molecule has 3 amide bonds. The highest BCUT2D eigenvalue weighted by atomic mass is 32.2. The zero-order valence-corrected chi connectivity index (χ0v) is 78.0. The molecule has 130 heavy (non-hydrogen) atoms. The highest BCUT2D eigenvalue weighted by Crippen LogP contribution is 2.42. The molecule has 0 saturated carbocycles. The van der Waals surface area contributed by atoms with Crippen molar-refractivity contribution in [3.05, 3.63) is 264 Å². The van der Waals surface area contributed by atoms with Gasteiger partial charge in [-0.2, -0.15) is 0 Å². The van der Waals surface area contributed by atoms with E-state index < -0.39 is 23.9 Å². The summed E-state index contributed by atoms with van der Waals surface area (Å²) in [5.74, 6) is 2.93. The summed E-state index contributed by atoms with van der Waals surface area (Å²) in [5, 5.41) is 9.97. The fourth-order valence-corrected chi connectivity index (χ4v) is 17.7. The summed E-state index contributed by atoms with van der Waals surface area (Å²) in [4.78, 5) is 94.0. The van der Waals surface area contributed by atoms with Crippen LogP contribution < -0.4 is 56.8 Å². The lowest BCUT2D eigenvalue weighted by molar-refractivity contribution is -0.134. The van der Waals surface area contributed by atoms with E-state index in [0.717, 1.165) is 39.8 Å². The van der Waals surface area contributed by atoms with Crippen LogP contribution in [0.3, 0.4) is 0 Å². The van der Waals surface area contributed by atoms with Gasteiger partial charge in [-0.1, -0.05) is 163 Å². The first-order chi connectivity index (χ1) is 62.7. The molecule has 6 heterocycles. The van der Waals surface area contributed by atoms with Crippen LogP contribution in [-0.2, 0) is 38.4 Å². The monoisotopic (exact) mass is 1870 g/mol. The van der Waals surface area contributed by atoms with Crippen molar-refractivity contribution in [3.63, 3.8) is 0 Å². The largest absolute Gasteiger partial charge is 0.493 e. The number of thiocarbonyl (C=S) groups is 3. The zero-order chi connectivity index (χ0) is 93.0. The molecule has 1 N–H and O–H groups in total. The van der Waals surface area contributed by atoms with Crippen LogP contribution in [0.15, 0.2) is 210 Å². The second kappa shape index (κ2) is 44.6. The summed E-state index contributed by atoms with van der Waals surface area (Å²) >= 11 is 20.3. The molecule has 3 saturated heterocycles. The van der Waals surface area contributed by atoms with Crippen molar-refractivity contribution < 1.29 is 109 Å². The Balaban J connectivity index is 0.000000173. The molecule has 0 unspecified atom stereocenters. The zero-order valence-electron chi connectivity index (χ0n) is 73.1. The highest BCUT2D eigenvalue weighted by molar-refractivity contribution is 8.27. The third-order valence-electron chi connectivity index (χ3n) is 20.2. The Morgan fingerprint density at radius 1 is 0.354 bits per heavy atom. The molecular weight excluding hydrogens is 1780 g/mol. The number of ether oxygens (including phenoxy) is 12. The molecule has 672 valence electrons. The second-order valence-corrected chi connectivity index (χ2v) is 33.6. The third kappa shape index (κ3) is 23.0. The standard InChI is InChI=1S/3C32H29NO7S2.C2H4O2/c3*1-5-38-27-17-21(11-13-25(27)40-31(35)29-19(2)22-8-6-7-9-23(22)39-29)18-28-30(34)33(32(41)42-28)15-14-20-10-12-24(36-3)26(16-20)37-4;1-2(3)4/h3*6-13,16-18H,5,14-15H2,1-4H3;1H3,(H,3,4)/b3*28-18-;. The van der Waals surface area contributed by atoms with Gasteiger partial charge in [-0.25, -0.2) is 14.4 Å². The van der Waals surface area contributed by atoms with E-state index in [0.29, 0.717) is 188 Å². The fourth-order valence-electron chi connectivity index (χ4n) is 13.8. The van der Waals surface area contributed by atoms with Gasteiger partial charge in [0.1, 0.15) is 29.7 Å². The Bertz CT molecular complexity index is 5840. The Hall–Kier alpha value is -13.4. The van der Waals surface area contributed by atoms with Crippen molar-refractivity contribution in [1.29, 1.82) is 0 Å². The van der Waals surface area contributed by atoms with Gasteiger partial charge in [0.2, 0.25) is 17.3 Å². The lowest BCUT2D eigenvalue weighted by Crippen LogP contribution is -2.30. The first-order valence-corrected chi connectivity index (χ1v) is 44.4. The summed E-state index contributed by atoms with van der Waals surface area (Å²) < 4.78 is 85.2. The minimum atomic E-state index is -0.833. The number of esters is 3. The van der Waals surface area contributed by atoms with Crippen molar-refractivity contribution in [2.75, 3.05) is 82.1 Å². The van der Waals surface area contributed by atoms with Gasteiger partial charge in [0, 0.05) is 59.4 Å². The predicted molar refractivity (Wildman–Crippen MR) is 513 cm³/mol. The number of amides is 3. The van der Waals surface area contributed by atoms with Gasteiger partial charge in [-0.05, 0) is 203 Å². The van der Waals surface area contributed by atoms with Crippen molar-refractivity contribution in [1.82, 2.24) is 14.7 Å². The quantitative estimate of drug-likeness (QED) is 0.0189. The molecule has 32 heteroatoms. The van der Waals surface area contributed by atoms with Crippen molar-refractivity contribution in [2.24, 2.45) is 0 Å². The molecule has 0 bridgehead atoms. The predicted octanol–water partition coefficient (Wildman–Crippen LogP) is 20.6. The molecule has 3 aliphatic rings. The number of benzene rings is 9. The van der Waals surface area contributed by atoms with Gasteiger partial charge < -0.3 is 75.2 Å². The lowest BCUT2D eigenvalue weighted by Gasteiger charge is -2.15. The van der Waals surface area contributed by atoms with E-state index in [1.807, 2.05) is 151 Å². The molecule has 0 radical (unpaired) electrons. The van der Waals surface area contributed by atoms with Crippen LogP contribution in [0.4, 0.5) is 0 Å². The summed E-state index contributed by atoms with van der Waals surface area (Å²) in [5.41, 5.74) is 9.07. The molecule has 3 fully saturated rings. The van der Waals surface area contributed by atoms with Gasteiger partial charge in [0.25, 0.3) is 23.7 Å². The number of hydrogen-bond acceptors (Lipinski definition) is 28. The number of para-hydroxylation sites is 3. The molecular formula is C98H91N3O23S6. The Kier molecular flexibility index (Phi) is 32.8. The summed E-state index contributed by atoms with van der Waals surface area (Å²) in [6, 6.07) is 54.7. The molecule has 15 rings (SSSR count). The van der Waals surface area contributed by atoms with E-state index >= 15 is 0 Å². The number of fused-ring (bicyclic) bond motifs is 3. The summed E-state index contributed by atoms with van der Waals surface area (Å²) in [7, 11) is 9.52. The van der Waals surface area contributed by atoms with Gasteiger partial charge in [0.15, 0.2) is 69.0 Å². The SMILES string of the molecule is CC(=O)O.CCOc1cc(/C=C2\SC(=S)N(CCc3ccc(OC)c(OC)c3)C2=O)ccc1OC(=O)c1oc2ccccc2c1C.CCOc1cc(/C=C2\SC(=S)N(CCc3ccc(OC)c(OC)c3)C2=O)ccc1OC(=O)c1oc2ccccc2c1C.CCOc1cc(/C=C2\SC(=S)N(CCc3ccc(OC)c(OC)c3)C2=O)ccc1OC(=O)c1oc2ccccc2c1C. The third-order valence-corrected chi connectivity index (χ3v) is 24.4. The smallest absolute Gasteiger partial charge is 0.380 e. The number of hydrogen-bond donors (Lipinski definition) is 1. The van der Waals surface area contributed by atoms with Crippen LogP contribution in [0.1, 0.15) is 109 Å². The molecule has 26 nitrogen and oxygen atoms in total. The molecule has 0 spiro atoms. The van der Waals surface area contributed by atoms with E-state index in [2.05, 4.69) is 0 Å². The van der Waals surface area contributed by atoms with Gasteiger partial charge in [0.05, 0.1) is 77.2 Å². The number of carbonyl (C=O) groups excluding carboxylic acids is 6. The molecule has 0 atom stereocenters. The Morgan fingerprint density at radius 3 is 0.838 bits per heavy atom. The number of carboxylic acid groups (broad SMARTS) is 1. The van der Waals surface area contributed by atoms with E-state index in [9.17, 15) is 28.8 Å². The van der Waals surface area contributed by atoms with Crippen molar-refractivity contribution >= 4 is 178 Å². The van der Waals surface area contributed by atoms with E-state index in [4.69, 9.17) is 117 Å². The first kappa shape index (κ1) is 95.7. The van der Waals surface area contributed by atoms with Crippen molar-refractivity contribution in [2.45, 2.75) is 67.7 Å². The number of aryl methyl sites for hydroxylation is 3. The van der Waals surface area contributed by atoms with Crippen LogP contribution in [0.2, 0.25) is 0 Å². The molecule has 3 aromatic heterocycles. The van der Waals surface area contributed by atoms with Crippen LogP contribution in [0.25, 0.3) is 51.1 Å². The van der Waals surface area contributed by atoms with Crippen LogP contribution >= 0.6 is 71.9 Å². The van der Waals surface area contributed by atoms with E-state index in [1.54, 1.807) is 148 Å². The fraction of sp³-hybridized carbons (Fsp3) is 0.224. The minimum absolute atomic E-state index is 0.138. The Morgan fingerprint density at radius 2 is 0.600 bits per heavy atom. The highest BCUT2D eigenvalue weighted by Gasteiger charge is 2.36. The number of nitrogens with zero attached hydrogens (tertiary/aromatic N) is 3. The molecule has 0 aliphatic carbocycles. The molecule has 12 aromatic rings. The van der Waals surface area contributed by atoms with Crippen LogP contribution in [0.5, 0.6) is 69.0 Å². The van der Waals surface area contributed by atoms with Crippen molar-refractivity contribution in [3.8, 4) is 69.0 Å². The normalized spacial score (nSPS) is 13.9. The minimum Gasteiger partial charge on any atom is -0.493 e. The van der Waals surface area contributed by atoms with Gasteiger partial charge >= 0.3 is 17.9 Å². The maximum atomic E-state index is 13.2. The lowest BCUT2D eigenvalue weighted by atomic mass is 10.1. The first-order valence-electron chi connectivity index (χ1n) is 40.7. The number of thioether (sulfide) groups is 3. The number of rotatable bonds is 30.